The second kappa shape index (κ2) is 3.49. The number of aromatic nitrogens is 2. The topological polar surface area (TPSA) is 89.1 Å². The average molecular weight is 181 g/mol. The van der Waals surface area contributed by atoms with E-state index in [9.17, 15) is 4.79 Å². The molecule has 0 radical (unpaired) electrons. The van der Waals surface area contributed by atoms with Gasteiger partial charge in [0.25, 0.3) is 0 Å². The maximum absolute atomic E-state index is 10.5. The van der Waals surface area contributed by atoms with Gasteiger partial charge in [0.15, 0.2) is 0 Å². The van der Waals surface area contributed by atoms with Crippen LogP contribution in [0.25, 0.3) is 0 Å². The molecule has 0 bridgehead atoms. The summed E-state index contributed by atoms with van der Waals surface area (Å²) in [5.41, 5.74) is 5.49. The van der Waals surface area contributed by atoms with Crippen LogP contribution in [0.15, 0.2) is 18.7 Å². The summed E-state index contributed by atoms with van der Waals surface area (Å²) in [5, 5.41) is 8.59. The third kappa shape index (κ3) is 2.48. The first-order valence-electron chi connectivity index (χ1n) is 3.78. The Hall–Kier alpha value is -1.49. The van der Waals surface area contributed by atoms with E-state index in [1.54, 1.807) is 6.92 Å². The van der Waals surface area contributed by atoms with Crippen LogP contribution in [0.4, 0.5) is 0 Å². The Bertz CT molecular complexity index is 298. The summed E-state index contributed by atoms with van der Waals surface area (Å²) in [6.07, 6.45) is 4.28. The zero-order chi connectivity index (χ0) is 9.90. The first-order chi connectivity index (χ1) is 6.02. The minimum absolute atomic E-state index is 0.139. The molecule has 0 aliphatic rings. The van der Waals surface area contributed by atoms with Gasteiger partial charge in [0, 0.05) is 18.0 Å². The number of hydrogen-bond donors (Lipinski definition) is 2. The summed E-state index contributed by atoms with van der Waals surface area (Å²) < 4.78 is 0. The minimum Gasteiger partial charge on any atom is -0.481 e. The molecule has 70 valence electrons. The molecule has 0 aromatic carbocycles. The Balaban J connectivity index is 2.87. The van der Waals surface area contributed by atoms with Gasteiger partial charge in [0.05, 0.1) is 12.0 Å². The van der Waals surface area contributed by atoms with Crippen LogP contribution in [0.2, 0.25) is 0 Å². The highest BCUT2D eigenvalue weighted by molar-refractivity contribution is 5.68. The van der Waals surface area contributed by atoms with E-state index < -0.39 is 11.5 Å². The Morgan fingerprint density at radius 1 is 1.62 bits per heavy atom. The van der Waals surface area contributed by atoms with Crippen LogP contribution in [0, 0.1) is 0 Å². The van der Waals surface area contributed by atoms with E-state index in [1.165, 1.54) is 18.7 Å². The summed E-state index contributed by atoms with van der Waals surface area (Å²) in [4.78, 5) is 18.0. The Morgan fingerprint density at radius 2 is 2.15 bits per heavy atom. The van der Waals surface area contributed by atoms with Crippen molar-refractivity contribution >= 4 is 5.97 Å². The number of carboxylic acid groups (broad SMARTS) is 1. The lowest BCUT2D eigenvalue weighted by atomic mass is 9.92. The molecular formula is C8H11N3O2. The summed E-state index contributed by atoms with van der Waals surface area (Å²) in [6, 6.07) is 0. The molecule has 1 aromatic rings. The van der Waals surface area contributed by atoms with E-state index in [2.05, 4.69) is 9.97 Å². The van der Waals surface area contributed by atoms with Gasteiger partial charge in [0.1, 0.15) is 6.33 Å². The fourth-order valence-electron chi connectivity index (χ4n) is 1.01. The third-order valence-corrected chi connectivity index (χ3v) is 1.74. The van der Waals surface area contributed by atoms with Crippen molar-refractivity contribution in [2.75, 3.05) is 0 Å². The third-order valence-electron chi connectivity index (χ3n) is 1.74. The number of hydrogen-bond acceptors (Lipinski definition) is 4. The normalized spacial score (nSPS) is 14.9. The largest absolute Gasteiger partial charge is 0.481 e. The molecule has 1 aromatic heterocycles. The van der Waals surface area contributed by atoms with Crippen molar-refractivity contribution in [2.45, 2.75) is 18.9 Å². The van der Waals surface area contributed by atoms with Crippen LogP contribution < -0.4 is 5.73 Å². The number of nitrogens with two attached hydrogens (primary N) is 1. The zero-order valence-electron chi connectivity index (χ0n) is 7.27. The molecule has 1 atom stereocenters. The second-order valence-corrected chi connectivity index (χ2v) is 3.12. The molecule has 3 N–H and O–H groups in total. The molecule has 13 heavy (non-hydrogen) atoms. The summed E-state index contributed by atoms with van der Waals surface area (Å²) in [7, 11) is 0. The Morgan fingerprint density at radius 3 is 2.62 bits per heavy atom. The van der Waals surface area contributed by atoms with Crippen LogP contribution in [0.3, 0.4) is 0 Å². The van der Waals surface area contributed by atoms with Crippen molar-refractivity contribution in [3.05, 3.63) is 24.3 Å². The van der Waals surface area contributed by atoms with Gasteiger partial charge in [-0.2, -0.15) is 0 Å². The van der Waals surface area contributed by atoms with Crippen molar-refractivity contribution in [2.24, 2.45) is 5.73 Å². The average Bonchev–Trinajstić information content (AvgIpc) is 2.04. The van der Waals surface area contributed by atoms with Crippen molar-refractivity contribution in [3.8, 4) is 0 Å². The van der Waals surface area contributed by atoms with Gasteiger partial charge in [-0.05, 0) is 6.92 Å². The molecule has 1 heterocycles. The molecule has 5 nitrogen and oxygen atoms in total. The predicted molar refractivity (Wildman–Crippen MR) is 45.8 cm³/mol. The smallest absolute Gasteiger partial charge is 0.305 e. The fraction of sp³-hybridized carbons (Fsp3) is 0.375. The van der Waals surface area contributed by atoms with E-state index in [0.717, 1.165) is 0 Å². The van der Waals surface area contributed by atoms with Gasteiger partial charge in [-0.25, -0.2) is 9.97 Å². The molecule has 0 aliphatic carbocycles. The van der Waals surface area contributed by atoms with Crippen LogP contribution in [-0.2, 0) is 10.3 Å². The number of aliphatic carboxylic acids is 1. The van der Waals surface area contributed by atoms with E-state index in [-0.39, 0.29) is 6.42 Å². The SMILES string of the molecule is C[C@@](N)(CC(=O)O)c1cncnc1. The molecule has 0 fully saturated rings. The lowest BCUT2D eigenvalue weighted by Gasteiger charge is -2.21. The van der Waals surface area contributed by atoms with Crippen molar-refractivity contribution in [1.82, 2.24) is 9.97 Å². The standard InChI is InChI=1S/C8H11N3O2/c1-8(9,2-7(12)13)6-3-10-5-11-4-6/h3-5H,2,9H2,1H3,(H,12,13)/t8-/m1/s1. The van der Waals surface area contributed by atoms with Gasteiger partial charge in [0.2, 0.25) is 0 Å². The van der Waals surface area contributed by atoms with E-state index in [0.29, 0.717) is 5.56 Å². The summed E-state index contributed by atoms with van der Waals surface area (Å²) in [6.45, 7) is 1.64. The van der Waals surface area contributed by atoms with Crippen molar-refractivity contribution < 1.29 is 9.90 Å². The van der Waals surface area contributed by atoms with Gasteiger partial charge in [-0.15, -0.1) is 0 Å². The Kier molecular flexibility index (Phi) is 2.57. The lowest BCUT2D eigenvalue weighted by Crippen LogP contribution is -2.35. The van der Waals surface area contributed by atoms with Crippen LogP contribution in [0.5, 0.6) is 0 Å². The monoisotopic (exact) mass is 181 g/mol. The summed E-state index contributed by atoms with van der Waals surface area (Å²) in [5.74, 6) is -0.936. The molecule has 1 rings (SSSR count). The van der Waals surface area contributed by atoms with Crippen molar-refractivity contribution in [1.29, 1.82) is 0 Å². The van der Waals surface area contributed by atoms with Crippen molar-refractivity contribution in [3.63, 3.8) is 0 Å². The number of carboxylic acids is 1. The summed E-state index contributed by atoms with van der Waals surface area (Å²) >= 11 is 0. The maximum atomic E-state index is 10.5. The van der Waals surface area contributed by atoms with E-state index in [4.69, 9.17) is 10.8 Å². The Labute approximate surface area is 75.6 Å². The van der Waals surface area contributed by atoms with Gasteiger partial charge in [-0.3, -0.25) is 4.79 Å². The molecule has 5 heteroatoms. The van der Waals surface area contributed by atoms with Crippen LogP contribution >= 0.6 is 0 Å². The predicted octanol–water partition coefficient (Wildman–Crippen LogP) is 0.125. The molecular weight excluding hydrogens is 170 g/mol. The van der Waals surface area contributed by atoms with Crippen LogP contribution in [0.1, 0.15) is 18.9 Å². The first-order valence-corrected chi connectivity index (χ1v) is 3.78. The van der Waals surface area contributed by atoms with E-state index in [1.807, 2.05) is 0 Å². The molecule has 0 saturated heterocycles. The lowest BCUT2D eigenvalue weighted by molar-refractivity contribution is -0.138. The zero-order valence-corrected chi connectivity index (χ0v) is 7.27. The highest BCUT2D eigenvalue weighted by Gasteiger charge is 2.24. The molecule has 0 aliphatic heterocycles. The minimum atomic E-state index is -0.936. The van der Waals surface area contributed by atoms with Gasteiger partial charge >= 0.3 is 5.97 Å². The van der Waals surface area contributed by atoms with E-state index >= 15 is 0 Å². The molecule has 0 saturated carbocycles. The second-order valence-electron chi connectivity index (χ2n) is 3.12. The molecule has 0 spiro atoms. The van der Waals surface area contributed by atoms with Gasteiger partial charge in [-0.1, -0.05) is 0 Å². The van der Waals surface area contributed by atoms with Gasteiger partial charge < -0.3 is 10.8 Å². The molecule has 0 unspecified atom stereocenters. The number of carbonyl (C=O) groups is 1. The fourth-order valence-corrected chi connectivity index (χ4v) is 1.01. The highest BCUT2D eigenvalue weighted by atomic mass is 16.4. The maximum Gasteiger partial charge on any atom is 0.305 e. The molecule has 0 amide bonds. The highest BCUT2D eigenvalue weighted by Crippen LogP contribution is 2.19. The first kappa shape index (κ1) is 9.60. The van der Waals surface area contributed by atoms with Crippen LogP contribution in [-0.4, -0.2) is 21.0 Å². The number of rotatable bonds is 3. The quantitative estimate of drug-likeness (QED) is 0.691. The number of nitrogens with zero attached hydrogens (tertiary/aromatic N) is 2.